The minimum absolute atomic E-state index is 0.0905. The second-order valence-electron chi connectivity index (χ2n) is 2.77. The van der Waals surface area contributed by atoms with E-state index in [1.54, 1.807) is 13.0 Å². The number of halogens is 1. The smallest absolute Gasteiger partial charge is 0.310 e. The van der Waals surface area contributed by atoms with Crippen molar-refractivity contribution in [3.05, 3.63) is 28.8 Å². The molecule has 1 aromatic carbocycles. The van der Waals surface area contributed by atoms with E-state index in [1.807, 2.05) is 0 Å². The minimum atomic E-state index is -0.929. The number of carboxylic acid groups (broad SMARTS) is 1. The van der Waals surface area contributed by atoms with E-state index in [0.717, 1.165) is 0 Å². The highest BCUT2D eigenvalue weighted by atomic mass is 35.5. The Morgan fingerprint density at radius 1 is 1.54 bits per heavy atom. The van der Waals surface area contributed by atoms with Gasteiger partial charge in [0.15, 0.2) is 0 Å². The van der Waals surface area contributed by atoms with Crippen molar-refractivity contribution in [2.45, 2.75) is 12.8 Å². The largest absolute Gasteiger partial charge is 0.506 e. The maximum atomic E-state index is 10.6. The molecular weight excluding hydrogens is 192 g/mol. The fourth-order valence-electron chi connectivity index (χ4n) is 0.942. The van der Waals surface area contributed by atoms with Crippen LogP contribution in [-0.2, 0) is 4.79 Å². The van der Waals surface area contributed by atoms with Crippen molar-refractivity contribution in [2.75, 3.05) is 0 Å². The first-order valence-electron chi connectivity index (χ1n) is 3.73. The quantitative estimate of drug-likeness (QED) is 0.770. The molecule has 0 aliphatic rings. The van der Waals surface area contributed by atoms with E-state index >= 15 is 0 Å². The van der Waals surface area contributed by atoms with E-state index in [0.29, 0.717) is 5.56 Å². The van der Waals surface area contributed by atoms with Crippen molar-refractivity contribution in [3.63, 3.8) is 0 Å². The highest BCUT2D eigenvalue weighted by Crippen LogP contribution is 2.27. The van der Waals surface area contributed by atoms with Crippen LogP contribution in [0.2, 0.25) is 5.02 Å². The van der Waals surface area contributed by atoms with Gasteiger partial charge in [0.1, 0.15) is 5.75 Å². The fraction of sp³-hybridized carbons (Fsp3) is 0.222. The maximum absolute atomic E-state index is 10.6. The Morgan fingerprint density at radius 3 is 2.62 bits per heavy atom. The third-order valence-corrected chi connectivity index (χ3v) is 2.16. The molecule has 0 spiro atoms. The van der Waals surface area contributed by atoms with Gasteiger partial charge in [-0.25, -0.2) is 0 Å². The summed E-state index contributed by atoms with van der Waals surface area (Å²) in [5.74, 6) is -1.66. The number of rotatable bonds is 2. The van der Waals surface area contributed by atoms with E-state index in [9.17, 15) is 9.90 Å². The van der Waals surface area contributed by atoms with E-state index in [-0.39, 0.29) is 10.8 Å². The SMILES string of the molecule is CC(C(=O)O)c1ccc(Cl)c(O)c1. The molecule has 0 amide bonds. The molecule has 1 atom stereocenters. The minimum Gasteiger partial charge on any atom is -0.506 e. The zero-order valence-electron chi connectivity index (χ0n) is 6.99. The average Bonchev–Trinajstić information content (AvgIpc) is 2.08. The van der Waals surface area contributed by atoms with Crippen LogP contribution in [0.3, 0.4) is 0 Å². The molecule has 1 unspecified atom stereocenters. The van der Waals surface area contributed by atoms with E-state index in [4.69, 9.17) is 16.7 Å². The van der Waals surface area contributed by atoms with E-state index in [2.05, 4.69) is 0 Å². The van der Waals surface area contributed by atoms with Gasteiger partial charge in [-0.05, 0) is 24.6 Å². The summed E-state index contributed by atoms with van der Waals surface area (Å²) in [5.41, 5.74) is 0.536. The number of phenolic OH excluding ortho intramolecular Hbond substituents is 1. The number of carboxylic acids is 1. The number of benzene rings is 1. The summed E-state index contributed by atoms with van der Waals surface area (Å²) in [4.78, 5) is 10.6. The van der Waals surface area contributed by atoms with E-state index < -0.39 is 11.9 Å². The number of aliphatic carboxylic acids is 1. The monoisotopic (exact) mass is 200 g/mol. The zero-order valence-corrected chi connectivity index (χ0v) is 7.75. The van der Waals surface area contributed by atoms with Crippen molar-refractivity contribution in [2.24, 2.45) is 0 Å². The van der Waals surface area contributed by atoms with Gasteiger partial charge in [-0.15, -0.1) is 0 Å². The lowest BCUT2D eigenvalue weighted by Gasteiger charge is -2.06. The summed E-state index contributed by atoms with van der Waals surface area (Å²) in [7, 11) is 0. The third-order valence-electron chi connectivity index (χ3n) is 1.84. The van der Waals surface area contributed by atoms with Gasteiger partial charge in [-0.2, -0.15) is 0 Å². The Kier molecular flexibility index (Phi) is 2.78. The molecule has 0 saturated heterocycles. The van der Waals surface area contributed by atoms with Crippen LogP contribution in [0, 0.1) is 0 Å². The number of aromatic hydroxyl groups is 1. The van der Waals surface area contributed by atoms with Gasteiger partial charge in [0, 0.05) is 0 Å². The van der Waals surface area contributed by atoms with E-state index in [1.165, 1.54) is 12.1 Å². The van der Waals surface area contributed by atoms with Crippen LogP contribution in [0.5, 0.6) is 5.75 Å². The van der Waals surface area contributed by atoms with Gasteiger partial charge in [0.05, 0.1) is 10.9 Å². The normalized spacial score (nSPS) is 12.5. The molecule has 0 fully saturated rings. The van der Waals surface area contributed by atoms with Crippen molar-refractivity contribution >= 4 is 17.6 Å². The first-order valence-corrected chi connectivity index (χ1v) is 4.11. The van der Waals surface area contributed by atoms with Gasteiger partial charge in [-0.3, -0.25) is 4.79 Å². The fourth-order valence-corrected chi connectivity index (χ4v) is 1.06. The lowest BCUT2D eigenvalue weighted by atomic mass is 10.0. The topological polar surface area (TPSA) is 57.5 Å². The van der Waals surface area contributed by atoms with Crippen LogP contribution in [0.4, 0.5) is 0 Å². The van der Waals surface area contributed by atoms with Gasteiger partial charge in [-0.1, -0.05) is 17.7 Å². The summed E-state index contributed by atoms with van der Waals surface area (Å²) in [5, 5.41) is 18.1. The summed E-state index contributed by atoms with van der Waals surface area (Å²) in [6.45, 7) is 1.55. The molecule has 0 aromatic heterocycles. The second kappa shape index (κ2) is 3.66. The van der Waals surface area contributed by atoms with Gasteiger partial charge in [0.25, 0.3) is 0 Å². The number of hydrogen-bond donors (Lipinski definition) is 2. The summed E-state index contributed by atoms with van der Waals surface area (Å²) in [6.07, 6.45) is 0. The van der Waals surface area contributed by atoms with Crippen molar-refractivity contribution in [1.29, 1.82) is 0 Å². The molecule has 0 saturated carbocycles. The summed E-state index contributed by atoms with van der Waals surface area (Å²) in [6, 6.07) is 4.42. The molecule has 3 nitrogen and oxygen atoms in total. The van der Waals surface area contributed by atoms with Crippen LogP contribution < -0.4 is 0 Å². The van der Waals surface area contributed by atoms with Gasteiger partial charge >= 0.3 is 5.97 Å². The predicted octanol–water partition coefficient (Wildman–Crippen LogP) is 2.23. The first-order chi connectivity index (χ1) is 6.02. The van der Waals surface area contributed by atoms with Crippen LogP contribution >= 0.6 is 11.6 Å². The standard InChI is InChI=1S/C9H9ClO3/c1-5(9(12)13)6-2-3-7(10)8(11)4-6/h2-5,11H,1H3,(H,12,13). The zero-order chi connectivity index (χ0) is 10.0. The molecule has 1 rings (SSSR count). The average molecular weight is 201 g/mol. The van der Waals surface area contributed by atoms with Crippen LogP contribution in [0.25, 0.3) is 0 Å². The number of phenols is 1. The Hall–Kier alpha value is -1.22. The molecule has 0 bridgehead atoms. The highest BCUT2D eigenvalue weighted by molar-refractivity contribution is 6.32. The maximum Gasteiger partial charge on any atom is 0.310 e. The Balaban J connectivity index is 3.03. The van der Waals surface area contributed by atoms with Crippen molar-refractivity contribution in [1.82, 2.24) is 0 Å². The van der Waals surface area contributed by atoms with Crippen LogP contribution in [0.15, 0.2) is 18.2 Å². The molecule has 0 aliphatic heterocycles. The summed E-state index contributed by atoms with van der Waals surface area (Å²) < 4.78 is 0. The Morgan fingerprint density at radius 2 is 2.15 bits per heavy atom. The van der Waals surface area contributed by atoms with Gasteiger partial charge in [0.2, 0.25) is 0 Å². The Bertz CT molecular complexity index is 336. The summed E-state index contributed by atoms with van der Waals surface area (Å²) >= 11 is 5.57. The highest BCUT2D eigenvalue weighted by Gasteiger charge is 2.14. The number of carbonyl (C=O) groups is 1. The number of hydrogen-bond acceptors (Lipinski definition) is 2. The van der Waals surface area contributed by atoms with Crippen LogP contribution in [-0.4, -0.2) is 16.2 Å². The molecule has 4 heteroatoms. The van der Waals surface area contributed by atoms with Gasteiger partial charge < -0.3 is 10.2 Å². The lowest BCUT2D eigenvalue weighted by Crippen LogP contribution is -2.06. The molecule has 13 heavy (non-hydrogen) atoms. The molecule has 1 aromatic rings. The lowest BCUT2D eigenvalue weighted by molar-refractivity contribution is -0.138. The molecule has 0 radical (unpaired) electrons. The predicted molar refractivity (Wildman–Crippen MR) is 49.2 cm³/mol. The second-order valence-corrected chi connectivity index (χ2v) is 3.18. The van der Waals surface area contributed by atoms with Crippen LogP contribution in [0.1, 0.15) is 18.4 Å². The van der Waals surface area contributed by atoms with Crippen molar-refractivity contribution in [3.8, 4) is 5.75 Å². The first kappa shape index (κ1) is 9.86. The molecule has 0 heterocycles. The van der Waals surface area contributed by atoms with Crippen molar-refractivity contribution < 1.29 is 15.0 Å². The molecular formula is C9H9ClO3. The molecule has 70 valence electrons. The molecule has 2 N–H and O–H groups in total. The third kappa shape index (κ3) is 2.12. The molecule has 0 aliphatic carbocycles. The Labute approximate surface area is 80.6 Å².